The van der Waals surface area contributed by atoms with Crippen LogP contribution in [0, 0.1) is 0 Å². The van der Waals surface area contributed by atoms with Crippen molar-refractivity contribution >= 4 is 22.5 Å². The van der Waals surface area contributed by atoms with E-state index in [-0.39, 0.29) is 10.6 Å². The van der Waals surface area contributed by atoms with Crippen LogP contribution in [0.15, 0.2) is 94.5 Å². The van der Waals surface area contributed by atoms with Gasteiger partial charge in [0.1, 0.15) is 5.70 Å². The van der Waals surface area contributed by atoms with Crippen LogP contribution in [-0.2, 0) is 17.3 Å². The van der Waals surface area contributed by atoms with Gasteiger partial charge < -0.3 is 10.3 Å². The minimum atomic E-state index is -4.96. The first kappa shape index (κ1) is 25.2. The van der Waals surface area contributed by atoms with Crippen molar-refractivity contribution < 1.29 is 35.1 Å². The van der Waals surface area contributed by atoms with Crippen molar-refractivity contribution in [1.82, 2.24) is 0 Å². The monoisotopic (exact) mass is 498 g/mol. The van der Waals surface area contributed by atoms with E-state index in [4.69, 9.17) is 5.73 Å². The van der Waals surface area contributed by atoms with Crippen LogP contribution < -0.4 is 5.73 Å². The number of hydrogen-bond acceptors (Lipinski definition) is 3. The van der Waals surface area contributed by atoms with Crippen molar-refractivity contribution in [3.63, 3.8) is 0 Å². The summed E-state index contributed by atoms with van der Waals surface area (Å²) in [6, 6.07) is 16.1. The molecular weight excluding hydrogens is 482 g/mol. The van der Waals surface area contributed by atoms with Crippen LogP contribution in [0.1, 0.15) is 11.1 Å². The molecule has 0 fully saturated rings. The molecule has 0 aliphatic heterocycles. The SMILES string of the molecule is NC(=CC(=Nc1ccc(-c2cccc(S(=O)O)c2)cc1)c1ccccc1C(F)(F)F)C(F)(F)F. The highest BCUT2D eigenvalue weighted by Gasteiger charge is 2.35. The fourth-order valence-electron chi connectivity index (χ4n) is 3.00. The quantitative estimate of drug-likeness (QED) is 0.240. The molecule has 4 nitrogen and oxygen atoms in total. The molecule has 0 amide bonds. The molecule has 0 saturated carbocycles. The highest BCUT2D eigenvalue weighted by atomic mass is 32.2. The summed E-state index contributed by atoms with van der Waals surface area (Å²) in [7, 11) is 0. The number of benzene rings is 3. The van der Waals surface area contributed by atoms with Crippen molar-refractivity contribution in [3.05, 3.63) is 95.7 Å². The zero-order valence-corrected chi connectivity index (χ0v) is 17.9. The average molecular weight is 498 g/mol. The van der Waals surface area contributed by atoms with Crippen LogP contribution >= 0.6 is 0 Å². The van der Waals surface area contributed by atoms with E-state index >= 15 is 0 Å². The van der Waals surface area contributed by atoms with Crippen LogP contribution in [0.25, 0.3) is 11.1 Å². The molecule has 0 spiro atoms. The minimum absolute atomic E-state index is 0.0730. The van der Waals surface area contributed by atoms with Gasteiger partial charge in [0.2, 0.25) is 0 Å². The zero-order valence-electron chi connectivity index (χ0n) is 17.1. The standard InChI is InChI=1S/C23H16F6N2O2S/c24-22(25,26)19-7-2-1-6-18(19)20(13-21(30)23(27,28)29)31-16-10-8-14(9-11-16)15-4-3-5-17(12-15)34(32)33/h1-13H,30H2,(H,32,33). The maximum absolute atomic E-state index is 13.5. The number of nitrogens with two attached hydrogens (primary N) is 1. The molecule has 3 N–H and O–H groups in total. The smallest absolute Gasteiger partial charge is 0.395 e. The van der Waals surface area contributed by atoms with E-state index in [1.54, 1.807) is 12.1 Å². The largest absolute Gasteiger partial charge is 0.430 e. The fraction of sp³-hybridized carbons (Fsp3) is 0.0870. The zero-order chi connectivity index (χ0) is 25.1. The number of hydrogen-bond donors (Lipinski definition) is 2. The lowest BCUT2D eigenvalue weighted by atomic mass is 10.0. The third-order valence-electron chi connectivity index (χ3n) is 4.61. The number of alkyl halides is 6. The minimum Gasteiger partial charge on any atom is -0.395 e. The summed E-state index contributed by atoms with van der Waals surface area (Å²) in [6.45, 7) is 0. The van der Waals surface area contributed by atoms with Gasteiger partial charge >= 0.3 is 12.4 Å². The van der Waals surface area contributed by atoms with E-state index < -0.39 is 46.0 Å². The Morgan fingerprint density at radius 1 is 0.882 bits per heavy atom. The summed E-state index contributed by atoms with van der Waals surface area (Å²) in [5.74, 6) is 0. The lowest BCUT2D eigenvalue weighted by Crippen LogP contribution is -2.21. The first-order valence-electron chi connectivity index (χ1n) is 9.47. The van der Waals surface area contributed by atoms with Crippen LogP contribution in [0.3, 0.4) is 0 Å². The van der Waals surface area contributed by atoms with E-state index in [1.807, 2.05) is 0 Å². The Morgan fingerprint density at radius 2 is 1.53 bits per heavy atom. The molecule has 0 saturated heterocycles. The average Bonchev–Trinajstić information content (AvgIpc) is 2.78. The first-order chi connectivity index (χ1) is 15.9. The summed E-state index contributed by atoms with van der Waals surface area (Å²) in [5, 5.41) is 0. The number of nitrogens with zero attached hydrogens (tertiary/aromatic N) is 1. The summed E-state index contributed by atoms with van der Waals surface area (Å²) in [4.78, 5) is 4.17. The predicted octanol–water partition coefficient (Wildman–Crippen LogP) is 6.48. The lowest BCUT2D eigenvalue weighted by Gasteiger charge is -2.14. The molecule has 11 heteroatoms. The molecule has 1 unspecified atom stereocenters. The molecule has 34 heavy (non-hydrogen) atoms. The van der Waals surface area contributed by atoms with Crippen LogP contribution in [0.2, 0.25) is 0 Å². The van der Waals surface area contributed by atoms with Crippen molar-refractivity contribution in [2.24, 2.45) is 10.7 Å². The van der Waals surface area contributed by atoms with Crippen molar-refractivity contribution in [1.29, 1.82) is 0 Å². The van der Waals surface area contributed by atoms with Crippen LogP contribution in [0.5, 0.6) is 0 Å². The van der Waals surface area contributed by atoms with Crippen molar-refractivity contribution in [2.45, 2.75) is 17.2 Å². The van der Waals surface area contributed by atoms with Gasteiger partial charge in [0, 0.05) is 5.56 Å². The molecule has 0 aliphatic rings. The maximum Gasteiger partial charge on any atom is 0.430 e. The molecular formula is C23H16F6N2O2S. The van der Waals surface area contributed by atoms with Gasteiger partial charge in [0.05, 0.1) is 21.9 Å². The molecule has 0 bridgehead atoms. The second kappa shape index (κ2) is 9.82. The van der Waals surface area contributed by atoms with Gasteiger partial charge in [-0.05, 0) is 47.5 Å². The molecule has 0 aliphatic carbocycles. The van der Waals surface area contributed by atoms with E-state index in [0.29, 0.717) is 17.2 Å². The summed E-state index contributed by atoms with van der Waals surface area (Å²) in [5.41, 5.74) is 2.37. The Balaban J connectivity index is 2.10. The van der Waals surface area contributed by atoms with E-state index in [9.17, 15) is 35.1 Å². The Bertz CT molecular complexity index is 1270. The maximum atomic E-state index is 13.5. The van der Waals surface area contributed by atoms with Crippen LogP contribution in [-0.4, -0.2) is 20.6 Å². The van der Waals surface area contributed by atoms with Gasteiger partial charge in [-0.2, -0.15) is 26.3 Å². The van der Waals surface area contributed by atoms with Crippen molar-refractivity contribution in [3.8, 4) is 11.1 Å². The molecule has 3 aromatic carbocycles. The second-order valence-corrected chi connectivity index (χ2v) is 7.93. The lowest BCUT2D eigenvalue weighted by molar-refractivity contribution is -0.137. The molecule has 0 aromatic heterocycles. The Kier molecular flexibility index (Phi) is 7.27. The summed E-state index contributed by atoms with van der Waals surface area (Å²) >= 11 is -2.19. The van der Waals surface area contributed by atoms with Gasteiger partial charge in [0.15, 0.2) is 11.1 Å². The van der Waals surface area contributed by atoms with E-state index in [2.05, 4.69) is 4.99 Å². The van der Waals surface area contributed by atoms with E-state index in [1.165, 1.54) is 42.5 Å². The molecule has 178 valence electrons. The molecule has 1 atom stereocenters. The van der Waals surface area contributed by atoms with Crippen LogP contribution in [0.4, 0.5) is 32.0 Å². The highest BCUT2D eigenvalue weighted by Crippen LogP contribution is 2.34. The van der Waals surface area contributed by atoms with Gasteiger partial charge in [-0.1, -0.05) is 42.5 Å². The van der Waals surface area contributed by atoms with Gasteiger partial charge in [-0.25, -0.2) is 9.20 Å². The fourth-order valence-corrected chi connectivity index (χ4v) is 3.43. The molecule has 3 rings (SSSR count). The van der Waals surface area contributed by atoms with Gasteiger partial charge in [-0.3, -0.25) is 0 Å². The predicted molar refractivity (Wildman–Crippen MR) is 117 cm³/mol. The number of halogens is 6. The highest BCUT2D eigenvalue weighted by molar-refractivity contribution is 7.79. The molecule has 0 heterocycles. The van der Waals surface area contributed by atoms with Gasteiger partial charge in [-0.15, -0.1) is 0 Å². The Morgan fingerprint density at radius 3 is 2.12 bits per heavy atom. The number of rotatable bonds is 5. The van der Waals surface area contributed by atoms with E-state index in [0.717, 1.165) is 18.2 Å². The molecule has 0 radical (unpaired) electrons. The summed E-state index contributed by atoms with van der Waals surface area (Å²) in [6.07, 6.45) is -9.44. The number of allylic oxidation sites excluding steroid dienone is 2. The number of aliphatic imine (C=N–C) groups is 1. The second-order valence-electron chi connectivity index (χ2n) is 6.96. The topological polar surface area (TPSA) is 75.7 Å². The Hall–Kier alpha value is -3.44. The normalized spacial score (nSPS) is 14.2. The van der Waals surface area contributed by atoms with Crippen molar-refractivity contribution in [2.75, 3.05) is 0 Å². The third-order valence-corrected chi connectivity index (χ3v) is 5.27. The van der Waals surface area contributed by atoms with Gasteiger partial charge in [0.25, 0.3) is 0 Å². The third kappa shape index (κ3) is 6.12. The first-order valence-corrected chi connectivity index (χ1v) is 10.6. The Labute approximate surface area is 192 Å². The molecule has 3 aromatic rings. The summed E-state index contributed by atoms with van der Waals surface area (Å²) < 4.78 is 100.0.